The minimum Gasteiger partial charge on any atom is -0.497 e. The first-order valence-corrected chi connectivity index (χ1v) is 5.44. The van der Waals surface area contributed by atoms with Gasteiger partial charge in [0, 0.05) is 0 Å². The van der Waals surface area contributed by atoms with Crippen molar-refractivity contribution >= 4 is 23.2 Å². The quantitative estimate of drug-likeness (QED) is 0.800. The van der Waals surface area contributed by atoms with Crippen molar-refractivity contribution in [2.75, 3.05) is 7.11 Å². The van der Waals surface area contributed by atoms with Crippen LogP contribution in [0.15, 0.2) is 30.6 Å². The summed E-state index contributed by atoms with van der Waals surface area (Å²) in [6.07, 6.45) is 1.27. The Hall–Kier alpha value is -1.52. The van der Waals surface area contributed by atoms with E-state index in [1.165, 1.54) is 6.33 Å². The summed E-state index contributed by atoms with van der Waals surface area (Å²) in [6.45, 7) is 0. The molecule has 1 aromatic carbocycles. The molecule has 0 unspecified atom stereocenters. The van der Waals surface area contributed by atoms with E-state index in [2.05, 4.69) is 9.97 Å². The minimum absolute atomic E-state index is 0.167. The molecule has 0 aliphatic rings. The number of ether oxygens (including phenoxy) is 2. The third kappa shape index (κ3) is 2.78. The molecule has 2 aromatic rings. The van der Waals surface area contributed by atoms with Gasteiger partial charge in [0.1, 0.15) is 17.8 Å². The number of aromatic nitrogens is 2. The molecule has 0 atom stereocenters. The summed E-state index contributed by atoms with van der Waals surface area (Å²) in [5.74, 6) is 1.55. The zero-order valence-electron chi connectivity index (χ0n) is 8.85. The Morgan fingerprint density at radius 1 is 0.941 bits per heavy atom. The summed E-state index contributed by atoms with van der Waals surface area (Å²) in [5.41, 5.74) is 0. The summed E-state index contributed by atoms with van der Waals surface area (Å²) in [5, 5.41) is 0.335. The highest BCUT2D eigenvalue weighted by Gasteiger charge is 2.10. The topological polar surface area (TPSA) is 44.2 Å². The second-order valence-corrected chi connectivity index (χ2v) is 3.78. The normalized spacial score (nSPS) is 10.1. The molecule has 0 aliphatic carbocycles. The van der Waals surface area contributed by atoms with Gasteiger partial charge in [0.2, 0.25) is 5.75 Å². The largest absolute Gasteiger partial charge is 0.497 e. The van der Waals surface area contributed by atoms with Crippen molar-refractivity contribution in [1.82, 2.24) is 9.97 Å². The van der Waals surface area contributed by atoms with Crippen LogP contribution in [-0.4, -0.2) is 17.1 Å². The maximum Gasteiger partial charge on any atom is 0.201 e. The smallest absolute Gasteiger partial charge is 0.201 e. The highest BCUT2D eigenvalue weighted by molar-refractivity contribution is 6.35. The second-order valence-electron chi connectivity index (χ2n) is 3.06. The lowest BCUT2D eigenvalue weighted by molar-refractivity contribution is 0.412. The predicted molar refractivity (Wildman–Crippen MR) is 65.1 cm³/mol. The van der Waals surface area contributed by atoms with Crippen molar-refractivity contribution in [1.29, 1.82) is 0 Å². The van der Waals surface area contributed by atoms with Gasteiger partial charge in [-0.1, -0.05) is 23.2 Å². The molecule has 0 radical (unpaired) electrons. The van der Waals surface area contributed by atoms with E-state index < -0.39 is 0 Å². The van der Waals surface area contributed by atoms with Crippen LogP contribution < -0.4 is 9.47 Å². The van der Waals surface area contributed by atoms with E-state index in [9.17, 15) is 0 Å². The molecule has 0 N–H and O–H groups in total. The standard InChI is InChI=1S/C11H8Cl2N2O2/c1-16-7-2-4-8(5-3-7)17-9-10(12)14-6-15-11(9)13/h2-6H,1H3. The van der Waals surface area contributed by atoms with Gasteiger partial charge >= 0.3 is 0 Å². The van der Waals surface area contributed by atoms with Crippen molar-refractivity contribution in [3.8, 4) is 17.2 Å². The van der Waals surface area contributed by atoms with Gasteiger partial charge in [0.15, 0.2) is 10.3 Å². The van der Waals surface area contributed by atoms with E-state index in [1.807, 2.05) is 0 Å². The summed E-state index contributed by atoms with van der Waals surface area (Å²) >= 11 is 11.7. The first-order valence-electron chi connectivity index (χ1n) is 4.68. The van der Waals surface area contributed by atoms with Crippen LogP contribution in [0.5, 0.6) is 17.2 Å². The molecular formula is C11H8Cl2N2O2. The van der Waals surface area contributed by atoms with E-state index in [1.54, 1.807) is 31.4 Å². The zero-order chi connectivity index (χ0) is 12.3. The predicted octanol–water partition coefficient (Wildman–Crippen LogP) is 3.58. The Labute approximate surface area is 108 Å². The summed E-state index contributed by atoms with van der Waals surface area (Å²) in [7, 11) is 1.59. The maximum atomic E-state index is 5.85. The van der Waals surface area contributed by atoms with Crippen molar-refractivity contribution in [2.45, 2.75) is 0 Å². The molecule has 0 saturated heterocycles. The molecule has 1 aromatic heterocycles. The molecule has 0 bridgehead atoms. The summed E-state index contributed by atoms with van der Waals surface area (Å²) in [6, 6.07) is 7.00. The molecule has 0 aliphatic heterocycles. The first kappa shape index (κ1) is 12.0. The van der Waals surface area contributed by atoms with Gasteiger partial charge in [-0.15, -0.1) is 0 Å². The molecule has 4 nitrogen and oxygen atoms in total. The van der Waals surface area contributed by atoms with Crippen molar-refractivity contribution in [3.05, 3.63) is 40.9 Å². The second kappa shape index (κ2) is 5.21. The molecule has 0 fully saturated rings. The number of rotatable bonds is 3. The van der Waals surface area contributed by atoms with E-state index >= 15 is 0 Å². The number of halogens is 2. The molecule has 0 amide bonds. The number of methoxy groups -OCH3 is 1. The van der Waals surface area contributed by atoms with Crippen LogP contribution >= 0.6 is 23.2 Å². The van der Waals surface area contributed by atoms with Crippen LogP contribution in [0.25, 0.3) is 0 Å². The molecule has 17 heavy (non-hydrogen) atoms. The van der Waals surface area contributed by atoms with Crippen LogP contribution in [0, 0.1) is 0 Å². The van der Waals surface area contributed by atoms with Gasteiger partial charge in [-0.25, -0.2) is 9.97 Å². The van der Waals surface area contributed by atoms with Gasteiger partial charge in [-0.2, -0.15) is 0 Å². The molecular weight excluding hydrogens is 263 g/mol. The fourth-order valence-corrected chi connectivity index (χ4v) is 1.57. The van der Waals surface area contributed by atoms with Crippen molar-refractivity contribution in [3.63, 3.8) is 0 Å². The third-order valence-corrected chi connectivity index (χ3v) is 2.53. The van der Waals surface area contributed by atoms with Gasteiger partial charge in [0.25, 0.3) is 0 Å². The Morgan fingerprint density at radius 2 is 1.47 bits per heavy atom. The van der Waals surface area contributed by atoms with Crippen LogP contribution in [0.4, 0.5) is 0 Å². The van der Waals surface area contributed by atoms with E-state index in [4.69, 9.17) is 32.7 Å². The SMILES string of the molecule is COc1ccc(Oc2c(Cl)ncnc2Cl)cc1. The molecule has 1 heterocycles. The number of nitrogens with zero attached hydrogens (tertiary/aromatic N) is 2. The first-order chi connectivity index (χ1) is 8.20. The van der Waals surface area contributed by atoms with E-state index in [0.29, 0.717) is 5.75 Å². The zero-order valence-corrected chi connectivity index (χ0v) is 10.4. The monoisotopic (exact) mass is 270 g/mol. The molecule has 2 rings (SSSR count). The molecule has 88 valence electrons. The minimum atomic E-state index is 0.167. The fraction of sp³-hybridized carbons (Fsp3) is 0.0909. The lowest BCUT2D eigenvalue weighted by atomic mass is 10.3. The summed E-state index contributed by atoms with van der Waals surface area (Å²) < 4.78 is 10.5. The third-order valence-electron chi connectivity index (χ3n) is 2.00. The lowest BCUT2D eigenvalue weighted by Crippen LogP contribution is -1.91. The van der Waals surface area contributed by atoms with Crippen LogP contribution in [0.2, 0.25) is 10.3 Å². The fourth-order valence-electron chi connectivity index (χ4n) is 1.18. The number of hydrogen-bond donors (Lipinski definition) is 0. The van der Waals surface area contributed by atoms with Crippen LogP contribution in [-0.2, 0) is 0 Å². The molecule has 6 heteroatoms. The lowest BCUT2D eigenvalue weighted by Gasteiger charge is -2.08. The molecule has 0 spiro atoms. The Kier molecular flexibility index (Phi) is 3.66. The molecule has 0 saturated carbocycles. The van der Waals surface area contributed by atoms with Gasteiger partial charge in [-0.05, 0) is 24.3 Å². The van der Waals surface area contributed by atoms with E-state index in [-0.39, 0.29) is 16.1 Å². The van der Waals surface area contributed by atoms with Gasteiger partial charge in [0.05, 0.1) is 7.11 Å². The highest BCUT2D eigenvalue weighted by atomic mass is 35.5. The van der Waals surface area contributed by atoms with Gasteiger partial charge in [-0.3, -0.25) is 0 Å². The van der Waals surface area contributed by atoms with Gasteiger partial charge < -0.3 is 9.47 Å². The number of benzene rings is 1. The average Bonchev–Trinajstić information content (AvgIpc) is 2.35. The van der Waals surface area contributed by atoms with Crippen molar-refractivity contribution in [2.24, 2.45) is 0 Å². The van der Waals surface area contributed by atoms with Crippen LogP contribution in [0.1, 0.15) is 0 Å². The average molecular weight is 271 g/mol. The van der Waals surface area contributed by atoms with E-state index in [0.717, 1.165) is 5.75 Å². The highest BCUT2D eigenvalue weighted by Crippen LogP contribution is 2.33. The Morgan fingerprint density at radius 3 is 2.00 bits per heavy atom. The number of hydrogen-bond acceptors (Lipinski definition) is 4. The summed E-state index contributed by atoms with van der Waals surface area (Å²) in [4.78, 5) is 7.58. The van der Waals surface area contributed by atoms with Crippen LogP contribution in [0.3, 0.4) is 0 Å². The Balaban J connectivity index is 2.25. The van der Waals surface area contributed by atoms with Crippen molar-refractivity contribution < 1.29 is 9.47 Å². The maximum absolute atomic E-state index is 5.85. The Bertz CT molecular complexity index is 497.